The highest BCUT2D eigenvalue weighted by Gasteiger charge is 2.26. The molecule has 0 saturated carbocycles. The minimum absolute atomic E-state index is 0.0381. The molecular weight excluding hydrogens is 316 g/mol. The van der Waals surface area contributed by atoms with Crippen LogP contribution < -0.4 is 5.73 Å². The minimum atomic E-state index is -0.274. The van der Waals surface area contributed by atoms with E-state index >= 15 is 0 Å². The number of aromatic nitrogens is 2. The lowest BCUT2D eigenvalue weighted by Gasteiger charge is -2.33. The first-order valence-corrected chi connectivity index (χ1v) is 8.71. The lowest BCUT2D eigenvalue weighted by atomic mass is 9.92. The van der Waals surface area contributed by atoms with Gasteiger partial charge in [-0.05, 0) is 44.2 Å². The van der Waals surface area contributed by atoms with Gasteiger partial charge in [-0.1, -0.05) is 11.6 Å². The molecule has 6 heteroatoms. The summed E-state index contributed by atoms with van der Waals surface area (Å²) < 4.78 is 1.86. The van der Waals surface area contributed by atoms with Gasteiger partial charge in [0.2, 0.25) is 5.91 Å². The third kappa shape index (κ3) is 4.07. The minimum Gasteiger partial charge on any atom is -0.370 e. The second-order valence-corrected chi connectivity index (χ2v) is 6.75. The molecule has 2 amide bonds. The molecule has 2 heterocycles. The zero-order valence-corrected chi connectivity index (χ0v) is 14.5. The predicted molar refractivity (Wildman–Crippen MR) is 95.4 cm³/mol. The number of hydrogen-bond donors (Lipinski definition) is 1. The number of likely N-dealkylation sites (tertiary alicyclic amines) is 1. The number of primary amides is 1. The maximum absolute atomic E-state index is 13.2. The Morgan fingerprint density at radius 2 is 2.20 bits per heavy atom. The number of piperidine rings is 1. The first kappa shape index (κ1) is 17.2. The van der Waals surface area contributed by atoms with Crippen molar-refractivity contribution in [3.8, 4) is 5.69 Å². The zero-order chi connectivity index (χ0) is 17.8. The maximum atomic E-state index is 13.2. The number of hydrogen-bond acceptors (Lipinski definition) is 3. The fraction of sp³-hybridized carbons (Fsp3) is 0.421. The zero-order valence-electron chi connectivity index (χ0n) is 14.5. The summed E-state index contributed by atoms with van der Waals surface area (Å²) in [6.07, 6.45) is 8.38. The Bertz CT molecular complexity index is 755. The molecule has 0 radical (unpaired) electrons. The summed E-state index contributed by atoms with van der Waals surface area (Å²) in [6, 6.07) is 5.89. The molecule has 1 saturated heterocycles. The van der Waals surface area contributed by atoms with Crippen LogP contribution in [0.5, 0.6) is 0 Å². The van der Waals surface area contributed by atoms with Gasteiger partial charge in [-0.3, -0.25) is 9.59 Å². The van der Waals surface area contributed by atoms with Crippen molar-refractivity contribution in [2.45, 2.75) is 32.6 Å². The summed E-state index contributed by atoms with van der Waals surface area (Å²) in [5, 5.41) is 0. The lowest BCUT2D eigenvalue weighted by molar-refractivity contribution is -0.118. The van der Waals surface area contributed by atoms with Crippen LogP contribution in [0.3, 0.4) is 0 Å². The SMILES string of the molecule is Cc1ccc(-n2ccnc2)c(C(=O)N2CCCC(CCC(N)=O)C2)c1. The molecule has 2 aromatic rings. The molecule has 1 aromatic carbocycles. The van der Waals surface area contributed by atoms with Crippen molar-refractivity contribution in [3.63, 3.8) is 0 Å². The van der Waals surface area contributed by atoms with Crippen LogP contribution >= 0.6 is 0 Å². The van der Waals surface area contributed by atoms with E-state index in [9.17, 15) is 9.59 Å². The van der Waals surface area contributed by atoms with Crippen LogP contribution in [0.2, 0.25) is 0 Å². The maximum Gasteiger partial charge on any atom is 0.256 e. The van der Waals surface area contributed by atoms with Crippen molar-refractivity contribution in [2.24, 2.45) is 11.7 Å². The highest BCUT2D eigenvalue weighted by Crippen LogP contribution is 2.25. The van der Waals surface area contributed by atoms with Crippen molar-refractivity contribution < 1.29 is 9.59 Å². The van der Waals surface area contributed by atoms with E-state index in [0.717, 1.165) is 37.1 Å². The lowest BCUT2D eigenvalue weighted by Crippen LogP contribution is -2.40. The van der Waals surface area contributed by atoms with Crippen molar-refractivity contribution >= 4 is 11.8 Å². The molecule has 0 aliphatic carbocycles. The summed E-state index contributed by atoms with van der Waals surface area (Å²) in [7, 11) is 0. The van der Waals surface area contributed by atoms with Crippen LogP contribution in [0.4, 0.5) is 0 Å². The van der Waals surface area contributed by atoms with Gasteiger partial charge < -0.3 is 15.2 Å². The molecule has 1 aromatic heterocycles. The van der Waals surface area contributed by atoms with E-state index in [1.807, 2.05) is 40.8 Å². The molecular formula is C19H24N4O2. The summed E-state index contributed by atoms with van der Waals surface area (Å²) in [6.45, 7) is 3.42. The smallest absolute Gasteiger partial charge is 0.256 e. The number of amides is 2. The topological polar surface area (TPSA) is 81.2 Å². The molecule has 6 nitrogen and oxygen atoms in total. The molecule has 1 aliphatic heterocycles. The molecule has 1 unspecified atom stereocenters. The van der Waals surface area contributed by atoms with E-state index in [-0.39, 0.29) is 11.8 Å². The van der Waals surface area contributed by atoms with Crippen LogP contribution in [0.1, 0.15) is 41.6 Å². The largest absolute Gasteiger partial charge is 0.370 e. The Kier molecular flexibility index (Phi) is 5.16. The Balaban J connectivity index is 1.80. The average molecular weight is 340 g/mol. The quantitative estimate of drug-likeness (QED) is 0.907. The molecule has 25 heavy (non-hydrogen) atoms. The van der Waals surface area contributed by atoms with Gasteiger partial charge in [0.1, 0.15) is 0 Å². The number of carbonyl (C=O) groups is 2. The van der Waals surface area contributed by atoms with E-state index < -0.39 is 0 Å². The molecule has 0 spiro atoms. The summed E-state index contributed by atoms with van der Waals surface area (Å²) in [5.41, 5.74) is 7.84. The number of benzene rings is 1. The monoisotopic (exact) mass is 340 g/mol. The van der Waals surface area contributed by atoms with Crippen LogP contribution in [-0.4, -0.2) is 39.4 Å². The van der Waals surface area contributed by atoms with E-state index in [2.05, 4.69) is 4.98 Å². The van der Waals surface area contributed by atoms with Gasteiger partial charge >= 0.3 is 0 Å². The van der Waals surface area contributed by atoms with Gasteiger partial charge in [-0.15, -0.1) is 0 Å². The first-order chi connectivity index (χ1) is 12.0. The summed E-state index contributed by atoms with van der Waals surface area (Å²) >= 11 is 0. The van der Waals surface area contributed by atoms with Gasteiger partial charge in [0.15, 0.2) is 0 Å². The predicted octanol–water partition coefficient (Wildman–Crippen LogP) is 2.30. The van der Waals surface area contributed by atoms with Crippen molar-refractivity contribution in [1.82, 2.24) is 14.5 Å². The number of aryl methyl sites for hydroxylation is 1. The van der Waals surface area contributed by atoms with Crippen molar-refractivity contribution in [2.75, 3.05) is 13.1 Å². The normalized spacial score (nSPS) is 17.5. The molecule has 0 bridgehead atoms. The van der Waals surface area contributed by atoms with Crippen LogP contribution in [0.15, 0.2) is 36.9 Å². The Morgan fingerprint density at radius 3 is 2.92 bits per heavy atom. The summed E-state index contributed by atoms with van der Waals surface area (Å²) in [5.74, 6) is 0.104. The van der Waals surface area contributed by atoms with E-state index in [1.165, 1.54) is 0 Å². The Morgan fingerprint density at radius 1 is 1.36 bits per heavy atom. The second-order valence-electron chi connectivity index (χ2n) is 6.75. The van der Waals surface area contributed by atoms with Gasteiger partial charge in [-0.25, -0.2) is 4.98 Å². The second kappa shape index (κ2) is 7.51. The molecule has 1 atom stereocenters. The van der Waals surface area contributed by atoms with Gasteiger partial charge in [-0.2, -0.15) is 0 Å². The fourth-order valence-electron chi connectivity index (χ4n) is 3.45. The molecule has 2 N–H and O–H groups in total. The number of imidazole rings is 1. The summed E-state index contributed by atoms with van der Waals surface area (Å²) in [4.78, 5) is 30.2. The number of nitrogens with two attached hydrogens (primary N) is 1. The molecule has 3 rings (SSSR count). The molecule has 1 aliphatic rings. The third-order valence-corrected chi connectivity index (χ3v) is 4.77. The van der Waals surface area contributed by atoms with Crippen molar-refractivity contribution in [1.29, 1.82) is 0 Å². The number of nitrogens with zero attached hydrogens (tertiary/aromatic N) is 3. The Hall–Kier alpha value is -2.63. The van der Waals surface area contributed by atoms with Crippen LogP contribution in [-0.2, 0) is 4.79 Å². The van der Waals surface area contributed by atoms with Gasteiger partial charge in [0, 0.05) is 31.9 Å². The standard InChI is InChI=1S/C19H24N4O2/c1-14-4-6-17(23-10-8-21-13-23)16(11-14)19(25)22-9-2-3-15(12-22)5-7-18(20)24/h4,6,8,10-11,13,15H,2-3,5,7,9,12H2,1H3,(H2,20,24). The van der Waals surface area contributed by atoms with Crippen molar-refractivity contribution in [3.05, 3.63) is 48.0 Å². The van der Waals surface area contributed by atoms with E-state index in [1.54, 1.807) is 12.5 Å². The first-order valence-electron chi connectivity index (χ1n) is 8.71. The molecule has 1 fully saturated rings. The fourth-order valence-corrected chi connectivity index (χ4v) is 3.45. The van der Waals surface area contributed by atoms with Gasteiger partial charge in [0.05, 0.1) is 17.6 Å². The Labute approximate surface area is 147 Å². The van der Waals surface area contributed by atoms with Crippen LogP contribution in [0, 0.1) is 12.8 Å². The number of rotatable bonds is 5. The molecule has 132 valence electrons. The third-order valence-electron chi connectivity index (χ3n) is 4.77. The van der Waals surface area contributed by atoms with Gasteiger partial charge in [0.25, 0.3) is 5.91 Å². The number of carbonyl (C=O) groups excluding carboxylic acids is 2. The average Bonchev–Trinajstić information content (AvgIpc) is 3.14. The highest BCUT2D eigenvalue weighted by atomic mass is 16.2. The van der Waals surface area contributed by atoms with Crippen LogP contribution in [0.25, 0.3) is 5.69 Å². The van der Waals surface area contributed by atoms with E-state index in [0.29, 0.717) is 24.4 Å². The highest BCUT2D eigenvalue weighted by molar-refractivity contribution is 5.98. The van der Waals surface area contributed by atoms with E-state index in [4.69, 9.17) is 5.73 Å².